The molecule has 0 bridgehead atoms. The van der Waals surface area contributed by atoms with Gasteiger partial charge in [0.15, 0.2) is 0 Å². The van der Waals surface area contributed by atoms with Crippen LogP contribution in [0.4, 0.5) is 0 Å². The lowest BCUT2D eigenvalue weighted by Crippen LogP contribution is -2.57. The summed E-state index contributed by atoms with van der Waals surface area (Å²) in [7, 11) is 0. The maximum absolute atomic E-state index is 3.62. The number of hydrogen-bond acceptors (Lipinski definition) is 3. The third-order valence-electron chi connectivity index (χ3n) is 4.20. The molecule has 0 aromatic carbocycles. The van der Waals surface area contributed by atoms with Crippen molar-refractivity contribution in [2.24, 2.45) is 0 Å². The maximum Gasteiger partial charge on any atom is 0.0130 e. The van der Waals surface area contributed by atoms with Crippen molar-refractivity contribution in [1.29, 1.82) is 0 Å². The standard InChI is InChI=1S/C20H45N3/c1-17(2,3)21-13-14-22(18(4,5)6)15-16-23(19(7,8)9)20(10,11)12/h21H,13-16H2,1-12H3. The molecule has 0 amide bonds. The predicted octanol–water partition coefficient (Wildman–Crippen LogP) is 4.37. The molecule has 0 aliphatic heterocycles. The molecule has 1 N–H and O–H groups in total. The van der Waals surface area contributed by atoms with E-state index in [2.05, 4.69) is 98.2 Å². The van der Waals surface area contributed by atoms with Crippen LogP contribution in [0.25, 0.3) is 0 Å². The van der Waals surface area contributed by atoms with Crippen LogP contribution in [0.5, 0.6) is 0 Å². The van der Waals surface area contributed by atoms with E-state index in [4.69, 9.17) is 0 Å². The summed E-state index contributed by atoms with van der Waals surface area (Å²) in [5, 5.41) is 3.62. The van der Waals surface area contributed by atoms with E-state index in [1.54, 1.807) is 0 Å². The zero-order valence-electron chi connectivity index (χ0n) is 18.2. The van der Waals surface area contributed by atoms with Crippen LogP contribution in [-0.4, -0.2) is 58.1 Å². The first-order valence-electron chi connectivity index (χ1n) is 9.22. The van der Waals surface area contributed by atoms with Crippen LogP contribution < -0.4 is 5.32 Å². The highest BCUT2D eigenvalue weighted by atomic mass is 15.3. The summed E-state index contributed by atoms with van der Waals surface area (Å²) in [5.41, 5.74) is 0.754. The van der Waals surface area contributed by atoms with Gasteiger partial charge >= 0.3 is 0 Å². The Morgan fingerprint density at radius 2 is 1.00 bits per heavy atom. The lowest BCUT2D eigenvalue weighted by molar-refractivity contribution is 0.0160. The maximum atomic E-state index is 3.62. The van der Waals surface area contributed by atoms with Crippen LogP contribution in [0.2, 0.25) is 0 Å². The lowest BCUT2D eigenvalue weighted by Gasteiger charge is -2.47. The number of rotatable bonds is 6. The SMILES string of the molecule is CC(C)(C)NCCN(CCN(C(C)(C)C)C(C)(C)C)C(C)(C)C. The molecule has 0 aromatic heterocycles. The van der Waals surface area contributed by atoms with Crippen LogP contribution in [0, 0.1) is 0 Å². The Morgan fingerprint density at radius 3 is 1.30 bits per heavy atom. The fraction of sp³-hybridized carbons (Fsp3) is 1.00. The first-order valence-corrected chi connectivity index (χ1v) is 9.22. The van der Waals surface area contributed by atoms with E-state index in [1.807, 2.05) is 0 Å². The van der Waals surface area contributed by atoms with Crippen molar-refractivity contribution in [1.82, 2.24) is 15.1 Å². The van der Waals surface area contributed by atoms with Gasteiger partial charge in [0, 0.05) is 48.3 Å². The Morgan fingerprint density at radius 1 is 0.565 bits per heavy atom. The topological polar surface area (TPSA) is 18.5 Å². The van der Waals surface area contributed by atoms with Crippen LogP contribution >= 0.6 is 0 Å². The molecule has 0 atom stereocenters. The number of nitrogens with one attached hydrogen (secondary N) is 1. The molecule has 0 fully saturated rings. The highest BCUT2D eigenvalue weighted by Gasteiger charge is 2.32. The number of nitrogens with zero attached hydrogens (tertiary/aromatic N) is 2. The van der Waals surface area contributed by atoms with Gasteiger partial charge in [0.05, 0.1) is 0 Å². The molecule has 0 radical (unpaired) electrons. The van der Waals surface area contributed by atoms with Crippen LogP contribution in [0.1, 0.15) is 83.1 Å². The quantitative estimate of drug-likeness (QED) is 0.781. The second kappa shape index (κ2) is 7.84. The van der Waals surface area contributed by atoms with Gasteiger partial charge in [0.25, 0.3) is 0 Å². The summed E-state index contributed by atoms with van der Waals surface area (Å²) in [5.74, 6) is 0. The van der Waals surface area contributed by atoms with Gasteiger partial charge in [-0.2, -0.15) is 0 Å². The van der Waals surface area contributed by atoms with Gasteiger partial charge in [-0.1, -0.05) is 0 Å². The largest absolute Gasteiger partial charge is 0.311 e. The molecule has 3 heteroatoms. The molecule has 0 aliphatic rings. The van der Waals surface area contributed by atoms with Gasteiger partial charge in [-0.3, -0.25) is 9.80 Å². The fourth-order valence-electron chi connectivity index (χ4n) is 3.25. The van der Waals surface area contributed by atoms with Crippen molar-refractivity contribution in [2.75, 3.05) is 26.2 Å². The first-order chi connectivity index (χ1) is 9.94. The van der Waals surface area contributed by atoms with E-state index < -0.39 is 0 Å². The second-order valence-electron chi connectivity index (χ2n) is 10.8. The normalized spacial score (nSPS) is 14.9. The Labute approximate surface area is 147 Å². The molecule has 0 saturated carbocycles. The van der Waals surface area contributed by atoms with Crippen molar-refractivity contribution >= 4 is 0 Å². The average Bonchev–Trinajstić information content (AvgIpc) is 2.19. The van der Waals surface area contributed by atoms with Crippen molar-refractivity contribution in [2.45, 2.75) is 105 Å². The average molecular weight is 328 g/mol. The lowest BCUT2D eigenvalue weighted by atomic mass is 9.95. The zero-order chi connectivity index (χ0) is 18.7. The third kappa shape index (κ3) is 9.69. The molecule has 0 heterocycles. The van der Waals surface area contributed by atoms with Gasteiger partial charge in [0.2, 0.25) is 0 Å². The van der Waals surface area contributed by atoms with E-state index in [9.17, 15) is 0 Å². The smallest absolute Gasteiger partial charge is 0.0130 e. The minimum absolute atomic E-state index is 0.186. The minimum atomic E-state index is 0.186. The summed E-state index contributed by atoms with van der Waals surface area (Å²) < 4.78 is 0. The second-order valence-corrected chi connectivity index (χ2v) is 10.8. The van der Waals surface area contributed by atoms with Gasteiger partial charge < -0.3 is 5.32 Å². The molecular formula is C20H45N3. The van der Waals surface area contributed by atoms with Crippen molar-refractivity contribution in [3.05, 3.63) is 0 Å². The van der Waals surface area contributed by atoms with Gasteiger partial charge in [-0.05, 0) is 83.1 Å². The van der Waals surface area contributed by atoms with E-state index >= 15 is 0 Å². The van der Waals surface area contributed by atoms with Crippen molar-refractivity contribution in [3.63, 3.8) is 0 Å². The minimum Gasteiger partial charge on any atom is -0.311 e. The van der Waals surface area contributed by atoms with E-state index in [-0.39, 0.29) is 22.2 Å². The Hall–Kier alpha value is -0.120. The molecule has 0 aliphatic carbocycles. The van der Waals surface area contributed by atoms with Crippen LogP contribution in [0.15, 0.2) is 0 Å². The van der Waals surface area contributed by atoms with E-state index in [0.29, 0.717) is 0 Å². The van der Waals surface area contributed by atoms with Crippen LogP contribution in [-0.2, 0) is 0 Å². The summed E-state index contributed by atoms with van der Waals surface area (Å²) in [6.45, 7) is 31.9. The Bertz CT molecular complexity index is 320. The third-order valence-corrected chi connectivity index (χ3v) is 4.20. The van der Waals surface area contributed by atoms with E-state index in [1.165, 1.54) is 0 Å². The summed E-state index contributed by atoms with van der Waals surface area (Å²) in [4.78, 5) is 5.23. The highest BCUT2D eigenvalue weighted by molar-refractivity contribution is 4.88. The summed E-state index contributed by atoms with van der Waals surface area (Å²) in [6.07, 6.45) is 0. The van der Waals surface area contributed by atoms with Gasteiger partial charge in [0.1, 0.15) is 0 Å². The molecule has 0 aromatic rings. The van der Waals surface area contributed by atoms with Crippen molar-refractivity contribution < 1.29 is 0 Å². The first kappa shape index (κ1) is 22.9. The Balaban J connectivity index is 4.84. The molecule has 0 spiro atoms. The fourth-order valence-corrected chi connectivity index (χ4v) is 3.25. The molecule has 0 saturated heterocycles. The van der Waals surface area contributed by atoms with Crippen molar-refractivity contribution in [3.8, 4) is 0 Å². The van der Waals surface area contributed by atoms with E-state index in [0.717, 1.165) is 26.2 Å². The molecule has 140 valence electrons. The number of hydrogen-bond donors (Lipinski definition) is 1. The Kier molecular flexibility index (Phi) is 7.80. The molecule has 0 unspecified atom stereocenters. The summed E-state index contributed by atoms with van der Waals surface area (Å²) in [6, 6.07) is 0. The monoisotopic (exact) mass is 327 g/mol. The summed E-state index contributed by atoms with van der Waals surface area (Å²) >= 11 is 0. The van der Waals surface area contributed by atoms with Gasteiger partial charge in [-0.25, -0.2) is 0 Å². The predicted molar refractivity (Wildman–Crippen MR) is 105 cm³/mol. The zero-order valence-corrected chi connectivity index (χ0v) is 18.2. The van der Waals surface area contributed by atoms with Crippen LogP contribution in [0.3, 0.4) is 0 Å². The molecular weight excluding hydrogens is 282 g/mol. The van der Waals surface area contributed by atoms with Gasteiger partial charge in [-0.15, -0.1) is 0 Å². The highest BCUT2D eigenvalue weighted by Crippen LogP contribution is 2.25. The molecule has 3 nitrogen and oxygen atoms in total. The molecule has 0 rings (SSSR count). The molecule has 23 heavy (non-hydrogen) atoms.